The lowest BCUT2D eigenvalue weighted by molar-refractivity contribution is -0.676. The number of aryl methyl sites for hydroxylation is 2. The number of thioether (sulfide) groups is 1. The van der Waals surface area contributed by atoms with Crippen LogP contribution in [0.3, 0.4) is 0 Å². The van der Waals surface area contributed by atoms with Crippen LogP contribution >= 0.6 is 23.1 Å². The Labute approximate surface area is 86.4 Å². The number of hydrogen-bond donors (Lipinski definition) is 0. The zero-order valence-corrected chi connectivity index (χ0v) is 9.63. The van der Waals surface area contributed by atoms with Gasteiger partial charge in [0.15, 0.2) is 0 Å². The summed E-state index contributed by atoms with van der Waals surface area (Å²) in [5.41, 5.74) is 2.67. The van der Waals surface area contributed by atoms with Gasteiger partial charge in [0.1, 0.15) is 11.7 Å². The molecule has 0 unspecified atom stereocenters. The summed E-state index contributed by atoms with van der Waals surface area (Å²) in [6, 6.07) is 6.61. The molecule has 0 saturated heterocycles. The molecule has 0 amide bonds. The number of hydrogen-bond acceptors (Lipinski definition) is 2. The first-order valence-corrected chi connectivity index (χ1v) is 6.19. The van der Waals surface area contributed by atoms with E-state index in [1.807, 2.05) is 23.1 Å². The lowest BCUT2D eigenvalue weighted by Gasteiger charge is -1.89. The van der Waals surface area contributed by atoms with Crippen molar-refractivity contribution in [2.24, 2.45) is 7.05 Å². The maximum atomic E-state index is 2.26. The molecular weight excluding hydrogens is 198 g/mol. The van der Waals surface area contributed by atoms with Gasteiger partial charge in [0.25, 0.3) is 4.34 Å². The lowest BCUT2D eigenvalue weighted by atomic mass is 10.2. The molecule has 1 heterocycles. The molecule has 2 rings (SSSR count). The maximum Gasteiger partial charge on any atom is 0.297 e. The van der Waals surface area contributed by atoms with Crippen LogP contribution in [0, 0.1) is 6.92 Å². The smallest absolute Gasteiger partial charge is 0.179 e. The highest BCUT2D eigenvalue weighted by atomic mass is 32.2. The van der Waals surface area contributed by atoms with Crippen molar-refractivity contribution in [2.75, 3.05) is 6.26 Å². The molecule has 0 bridgehead atoms. The Morgan fingerprint density at radius 2 is 2.15 bits per heavy atom. The van der Waals surface area contributed by atoms with E-state index in [-0.39, 0.29) is 0 Å². The quantitative estimate of drug-likeness (QED) is 0.517. The minimum atomic E-state index is 1.33. The van der Waals surface area contributed by atoms with Crippen molar-refractivity contribution < 1.29 is 4.57 Å². The minimum Gasteiger partial charge on any atom is -0.179 e. The Bertz CT molecular complexity index is 445. The molecule has 1 nitrogen and oxygen atoms in total. The molecule has 68 valence electrons. The van der Waals surface area contributed by atoms with Gasteiger partial charge in [-0.2, -0.15) is 4.57 Å². The van der Waals surface area contributed by atoms with Crippen LogP contribution in [0.15, 0.2) is 22.5 Å². The van der Waals surface area contributed by atoms with Crippen molar-refractivity contribution >= 4 is 33.3 Å². The Balaban J connectivity index is 2.77. The van der Waals surface area contributed by atoms with E-state index in [9.17, 15) is 0 Å². The van der Waals surface area contributed by atoms with Crippen LogP contribution < -0.4 is 4.57 Å². The number of thiazole rings is 1. The molecule has 0 aliphatic carbocycles. The van der Waals surface area contributed by atoms with Gasteiger partial charge in [0, 0.05) is 6.07 Å². The average Bonchev–Trinajstić information content (AvgIpc) is 2.44. The molecule has 0 fully saturated rings. The fourth-order valence-corrected chi connectivity index (χ4v) is 3.25. The van der Waals surface area contributed by atoms with E-state index in [1.54, 1.807) is 0 Å². The van der Waals surface area contributed by atoms with E-state index in [0.717, 1.165) is 0 Å². The van der Waals surface area contributed by atoms with Crippen LogP contribution in [0.4, 0.5) is 0 Å². The molecule has 0 radical (unpaired) electrons. The monoisotopic (exact) mass is 210 g/mol. The fourth-order valence-electron chi connectivity index (χ4n) is 1.42. The molecule has 13 heavy (non-hydrogen) atoms. The maximum absolute atomic E-state index is 2.26. The molecule has 3 heteroatoms. The molecule has 0 aliphatic heterocycles. The fraction of sp³-hybridized carbons (Fsp3) is 0.300. The van der Waals surface area contributed by atoms with E-state index < -0.39 is 0 Å². The van der Waals surface area contributed by atoms with Crippen molar-refractivity contribution in [1.29, 1.82) is 0 Å². The summed E-state index contributed by atoms with van der Waals surface area (Å²) in [6.45, 7) is 2.13. The topological polar surface area (TPSA) is 3.88 Å². The highest BCUT2D eigenvalue weighted by molar-refractivity contribution is 8.00. The van der Waals surface area contributed by atoms with Crippen molar-refractivity contribution in [2.45, 2.75) is 11.3 Å². The van der Waals surface area contributed by atoms with E-state index in [2.05, 4.69) is 43.0 Å². The highest BCUT2D eigenvalue weighted by Crippen LogP contribution is 2.26. The second-order valence-electron chi connectivity index (χ2n) is 3.10. The normalized spacial score (nSPS) is 11.0. The predicted molar refractivity (Wildman–Crippen MR) is 59.5 cm³/mol. The third kappa shape index (κ3) is 1.46. The number of fused-ring (bicyclic) bond motifs is 1. The largest absolute Gasteiger partial charge is 0.297 e. The summed E-state index contributed by atoms with van der Waals surface area (Å²) in [5.74, 6) is 0. The Kier molecular flexibility index (Phi) is 2.30. The number of nitrogens with zero attached hydrogens (tertiary/aromatic N) is 1. The van der Waals surface area contributed by atoms with E-state index in [4.69, 9.17) is 0 Å². The summed E-state index contributed by atoms with van der Waals surface area (Å²) in [5, 5.41) is 0. The van der Waals surface area contributed by atoms with Gasteiger partial charge in [0.05, 0.1) is 0 Å². The summed E-state index contributed by atoms with van der Waals surface area (Å²) in [7, 11) is 2.13. The number of aromatic nitrogens is 1. The summed E-state index contributed by atoms with van der Waals surface area (Å²) < 4.78 is 5.00. The van der Waals surface area contributed by atoms with Crippen LogP contribution in [-0.4, -0.2) is 6.26 Å². The van der Waals surface area contributed by atoms with Crippen molar-refractivity contribution in [3.05, 3.63) is 23.8 Å². The van der Waals surface area contributed by atoms with Gasteiger partial charge in [-0.3, -0.25) is 0 Å². The van der Waals surface area contributed by atoms with Crippen molar-refractivity contribution in [3.63, 3.8) is 0 Å². The minimum absolute atomic E-state index is 1.33. The van der Waals surface area contributed by atoms with Gasteiger partial charge in [-0.15, -0.1) is 0 Å². The molecule has 2 aromatic rings. The van der Waals surface area contributed by atoms with Crippen LogP contribution in [0.25, 0.3) is 10.2 Å². The summed E-state index contributed by atoms with van der Waals surface area (Å²) in [4.78, 5) is 0. The first-order chi connectivity index (χ1) is 6.22. The molecule has 0 N–H and O–H groups in total. The van der Waals surface area contributed by atoms with Crippen molar-refractivity contribution in [1.82, 2.24) is 0 Å². The standard InChI is InChI=1S/C10H12NS2/c1-7-4-5-9-8(6-7)11(2)10(12-3)13-9/h4-6H,1-3H3/q+1. The first kappa shape index (κ1) is 9.03. The van der Waals surface area contributed by atoms with Gasteiger partial charge < -0.3 is 0 Å². The van der Waals surface area contributed by atoms with Gasteiger partial charge >= 0.3 is 0 Å². The van der Waals surface area contributed by atoms with Crippen LogP contribution in [0.5, 0.6) is 0 Å². The third-order valence-corrected chi connectivity index (χ3v) is 4.51. The Morgan fingerprint density at radius 1 is 1.38 bits per heavy atom. The first-order valence-electron chi connectivity index (χ1n) is 4.15. The number of rotatable bonds is 1. The van der Waals surface area contributed by atoms with Crippen LogP contribution in [0.2, 0.25) is 0 Å². The van der Waals surface area contributed by atoms with Crippen LogP contribution in [-0.2, 0) is 7.05 Å². The zero-order valence-electron chi connectivity index (χ0n) is 8.00. The average molecular weight is 210 g/mol. The molecular formula is C10H12NS2+. The highest BCUT2D eigenvalue weighted by Gasteiger charge is 2.15. The molecule has 0 saturated carbocycles. The van der Waals surface area contributed by atoms with Gasteiger partial charge in [-0.1, -0.05) is 17.4 Å². The second-order valence-corrected chi connectivity index (χ2v) is 5.19. The van der Waals surface area contributed by atoms with Gasteiger partial charge in [-0.25, -0.2) is 0 Å². The molecule has 1 aromatic heterocycles. The number of benzene rings is 1. The summed E-state index contributed by atoms with van der Waals surface area (Å²) >= 11 is 3.67. The lowest BCUT2D eigenvalue weighted by Crippen LogP contribution is -2.27. The van der Waals surface area contributed by atoms with Crippen molar-refractivity contribution in [3.8, 4) is 0 Å². The van der Waals surface area contributed by atoms with E-state index >= 15 is 0 Å². The van der Waals surface area contributed by atoms with Gasteiger partial charge in [-0.05, 0) is 36.6 Å². The van der Waals surface area contributed by atoms with E-state index in [1.165, 1.54) is 20.1 Å². The van der Waals surface area contributed by atoms with Gasteiger partial charge in [0.2, 0.25) is 5.52 Å². The SMILES string of the molecule is CSc1sc2ccc(C)cc2[n+]1C. The molecule has 0 atom stereocenters. The molecule has 0 spiro atoms. The zero-order chi connectivity index (χ0) is 9.42. The Morgan fingerprint density at radius 3 is 2.85 bits per heavy atom. The summed E-state index contributed by atoms with van der Waals surface area (Å²) in [6.07, 6.45) is 2.12. The third-order valence-electron chi connectivity index (χ3n) is 2.12. The molecule has 0 aliphatic rings. The molecule has 1 aromatic carbocycles. The second kappa shape index (κ2) is 3.31. The predicted octanol–water partition coefficient (Wildman–Crippen LogP) is 2.76. The Hall–Kier alpha value is -0.540. The van der Waals surface area contributed by atoms with E-state index in [0.29, 0.717) is 0 Å². The van der Waals surface area contributed by atoms with Crippen LogP contribution in [0.1, 0.15) is 5.56 Å².